The standard InChI is InChI=1S/C11H15N5O2S/c1-6(2)18-10-8(12)9(14-5-15-10)13-3-7-4-19-11(17)16-7/h4-6H,3,12H2,1-2H3,(H,16,17)(H,13,14,15). The van der Waals surface area contributed by atoms with Gasteiger partial charge in [-0.2, -0.15) is 4.98 Å². The highest BCUT2D eigenvalue weighted by Gasteiger charge is 2.10. The van der Waals surface area contributed by atoms with E-state index in [1.807, 2.05) is 13.8 Å². The van der Waals surface area contributed by atoms with Crippen LogP contribution in [0.25, 0.3) is 0 Å². The van der Waals surface area contributed by atoms with Gasteiger partial charge in [-0.25, -0.2) is 4.98 Å². The first-order valence-electron chi connectivity index (χ1n) is 5.74. The molecular formula is C11H15N5O2S. The van der Waals surface area contributed by atoms with Crippen molar-refractivity contribution in [3.63, 3.8) is 0 Å². The molecule has 4 N–H and O–H groups in total. The van der Waals surface area contributed by atoms with E-state index in [0.29, 0.717) is 23.9 Å². The minimum absolute atomic E-state index is 0.0155. The average molecular weight is 281 g/mol. The van der Waals surface area contributed by atoms with Gasteiger partial charge in [0.15, 0.2) is 5.82 Å². The summed E-state index contributed by atoms with van der Waals surface area (Å²) in [5.74, 6) is 0.837. The van der Waals surface area contributed by atoms with Crippen LogP contribution in [-0.2, 0) is 6.54 Å². The number of nitrogens with one attached hydrogen (secondary N) is 2. The average Bonchev–Trinajstić information content (AvgIpc) is 2.76. The van der Waals surface area contributed by atoms with Crippen LogP contribution in [-0.4, -0.2) is 21.1 Å². The first-order chi connectivity index (χ1) is 9.06. The zero-order chi connectivity index (χ0) is 13.8. The Labute approximate surface area is 113 Å². The smallest absolute Gasteiger partial charge is 0.304 e. The molecule has 0 unspecified atom stereocenters. The summed E-state index contributed by atoms with van der Waals surface area (Å²) >= 11 is 1.12. The van der Waals surface area contributed by atoms with Gasteiger partial charge in [0.25, 0.3) is 0 Å². The molecule has 19 heavy (non-hydrogen) atoms. The third-order valence-electron chi connectivity index (χ3n) is 2.21. The number of hydrogen-bond acceptors (Lipinski definition) is 7. The van der Waals surface area contributed by atoms with Crippen LogP contribution in [0.3, 0.4) is 0 Å². The van der Waals surface area contributed by atoms with E-state index in [1.165, 1.54) is 6.33 Å². The highest BCUT2D eigenvalue weighted by atomic mass is 32.1. The molecule has 0 amide bonds. The number of hydrogen-bond donors (Lipinski definition) is 3. The van der Waals surface area contributed by atoms with Gasteiger partial charge in [0.2, 0.25) is 5.88 Å². The van der Waals surface area contributed by atoms with Crippen molar-refractivity contribution in [3.05, 3.63) is 27.1 Å². The maximum absolute atomic E-state index is 11.0. The largest absolute Gasteiger partial charge is 0.473 e. The molecule has 0 aliphatic heterocycles. The van der Waals surface area contributed by atoms with Gasteiger partial charge in [0.1, 0.15) is 12.0 Å². The summed E-state index contributed by atoms with van der Waals surface area (Å²) in [4.78, 5) is 21.7. The van der Waals surface area contributed by atoms with Gasteiger partial charge in [-0.3, -0.25) is 4.79 Å². The lowest BCUT2D eigenvalue weighted by atomic mass is 10.4. The number of anilines is 2. The maximum Gasteiger partial charge on any atom is 0.304 e. The Balaban J connectivity index is 2.10. The minimum Gasteiger partial charge on any atom is -0.473 e. The Bertz CT molecular complexity index is 607. The number of ether oxygens (including phenoxy) is 1. The van der Waals surface area contributed by atoms with Crippen LogP contribution in [0.1, 0.15) is 19.5 Å². The molecule has 0 radical (unpaired) electrons. The molecule has 0 aliphatic carbocycles. The third kappa shape index (κ3) is 3.44. The Morgan fingerprint density at radius 2 is 2.32 bits per heavy atom. The molecule has 0 spiro atoms. The Morgan fingerprint density at radius 1 is 1.53 bits per heavy atom. The molecule has 0 bridgehead atoms. The number of nitrogens with zero attached hydrogens (tertiary/aromatic N) is 2. The van der Waals surface area contributed by atoms with Crippen molar-refractivity contribution in [3.8, 4) is 5.88 Å². The molecule has 2 aromatic heterocycles. The lowest BCUT2D eigenvalue weighted by Gasteiger charge is -2.13. The molecule has 8 heteroatoms. The summed E-state index contributed by atoms with van der Waals surface area (Å²) in [6.07, 6.45) is 1.37. The highest BCUT2D eigenvalue weighted by molar-refractivity contribution is 7.07. The van der Waals surface area contributed by atoms with E-state index in [4.69, 9.17) is 10.5 Å². The lowest BCUT2D eigenvalue weighted by Crippen LogP contribution is -2.12. The van der Waals surface area contributed by atoms with E-state index in [2.05, 4.69) is 20.3 Å². The van der Waals surface area contributed by atoms with Gasteiger partial charge in [-0.15, -0.1) is 0 Å². The van der Waals surface area contributed by atoms with E-state index in [0.717, 1.165) is 17.0 Å². The van der Waals surface area contributed by atoms with Crippen molar-refractivity contribution >= 4 is 22.8 Å². The van der Waals surface area contributed by atoms with E-state index < -0.39 is 0 Å². The molecule has 0 atom stereocenters. The van der Waals surface area contributed by atoms with Crippen LogP contribution in [0.4, 0.5) is 11.5 Å². The molecule has 2 heterocycles. The SMILES string of the molecule is CC(C)Oc1ncnc(NCc2csc(=O)[nH]2)c1N. The van der Waals surface area contributed by atoms with E-state index in [9.17, 15) is 4.79 Å². The van der Waals surface area contributed by atoms with Gasteiger partial charge in [0.05, 0.1) is 12.6 Å². The van der Waals surface area contributed by atoms with Gasteiger partial charge in [0, 0.05) is 11.1 Å². The summed E-state index contributed by atoms with van der Waals surface area (Å²) in [6.45, 7) is 4.22. The zero-order valence-corrected chi connectivity index (χ0v) is 11.5. The second-order valence-corrected chi connectivity index (χ2v) is 4.98. The molecule has 2 aromatic rings. The Morgan fingerprint density at radius 3 is 2.95 bits per heavy atom. The van der Waals surface area contributed by atoms with Crippen LogP contribution >= 0.6 is 11.3 Å². The molecule has 0 aliphatic rings. The van der Waals surface area contributed by atoms with Gasteiger partial charge in [-0.05, 0) is 13.8 Å². The summed E-state index contributed by atoms with van der Waals surface area (Å²) in [5.41, 5.74) is 7.05. The maximum atomic E-state index is 11.0. The fourth-order valence-electron chi connectivity index (χ4n) is 1.42. The molecule has 0 saturated carbocycles. The van der Waals surface area contributed by atoms with E-state index in [1.54, 1.807) is 5.38 Å². The van der Waals surface area contributed by atoms with Crippen LogP contribution < -0.4 is 20.7 Å². The number of aromatic nitrogens is 3. The van der Waals surface area contributed by atoms with Gasteiger partial charge in [-0.1, -0.05) is 11.3 Å². The van der Waals surface area contributed by atoms with Crippen LogP contribution in [0.15, 0.2) is 16.5 Å². The van der Waals surface area contributed by atoms with Crippen molar-refractivity contribution < 1.29 is 4.74 Å². The van der Waals surface area contributed by atoms with Crippen LogP contribution in [0.2, 0.25) is 0 Å². The van der Waals surface area contributed by atoms with Crippen molar-refractivity contribution in [2.24, 2.45) is 0 Å². The van der Waals surface area contributed by atoms with E-state index in [-0.39, 0.29) is 11.0 Å². The molecular weight excluding hydrogens is 266 g/mol. The molecule has 2 rings (SSSR count). The van der Waals surface area contributed by atoms with Crippen molar-refractivity contribution in [1.29, 1.82) is 0 Å². The number of thiazole rings is 1. The number of nitrogen functional groups attached to an aromatic ring is 1. The van der Waals surface area contributed by atoms with Gasteiger partial charge < -0.3 is 20.8 Å². The fourth-order valence-corrected chi connectivity index (χ4v) is 2.00. The monoisotopic (exact) mass is 281 g/mol. The van der Waals surface area contributed by atoms with Crippen molar-refractivity contribution in [2.75, 3.05) is 11.1 Å². The summed E-state index contributed by atoms with van der Waals surface area (Å²) in [7, 11) is 0. The quantitative estimate of drug-likeness (QED) is 0.760. The normalized spacial score (nSPS) is 10.7. The number of aromatic amines is 1. The van der Waals surface area contributed by atoms with E-state index >= 15 is 0 Å². The Kier molecular flexibility index (Phi) is 4.00. The number of H-pyrrole nitrogens is 1. The van der Waals surface area contributed by atoms with Crippen molar-refractivity contribution in [2.45, 2.75) is 26.5 Å². The summed E-state index contributed by atoms with van der Waals surface area (Å²) in [6, 6.07) is 0. The second kappa shape index (κ2) is 5.70. The highest BCUT2D eigenvalue weighted by Crippen LogP contribution is 2.25. The molecule has 0 fully saturated rings. The summed E-state index contributed by atoms with van der Waals surface area (Å²) < 4.78 is 5.47. The predicted molar refractivity (Wildman–Crippen MR) is 74.5 cm³/mol. The minimum atomic E-state index is -0.0868. The first-order valence-corrected chi connectivity index (χ1v) is 6.62. The van der Waals surface area contributed by atoms with Crippen LogP contribution in [0.5, 0.6) is 5.88 Å². The molecule has 0 aromatic carbocycles. The molecule has 0 saturated heterocycles. The summed E-state index contributed by atoms with van der Waals surface area (Å²) in [5, 5.41) is 4.78. The lowest BCUT2D eigenvalue weighted by molar-refractivity contribution is 0.234. The third-order valence-corrected chi connectivity index (χ3v) is 2.93. The molecule has 7 nitrogen and oxygen atoms in total. The fraction of sp³-hybridized carbons (Fsp3) is 0.364. The number of rotatable bonds is 5. The number of nitrogens with two attached hydrogens (primary N) is 1. The molecule has 102 valence electrons. The topological polar surface area (TPSA) is 106 Å². The first kappa shape index (κ1) is 13.3. The second-order valence-electron chi connectivity index (χ2n) is 4.13. The Hall–Kier alpha value is -2.09. The van der Waals surface area contributed by atoms with Crippen LogP contribution in [0, 0.1) is 0 Å². The van der Waals surface area contributed by atoms with Crippen molar-refractivity contribution in [1.82, 2.24) is 15.0 Å². The predicted octanol–water partition coefficient (Wildman–Crippen LogP) is 1.21. The zero-order valence-electron chi connectivity index (χ0n) is 10.6. The van der Waals surface area contributed by atoms with Gasteiger partial charge >= 0.3 is 4.87 Å².